The number of aromatic nitrogens is 4. The fourth-order valence-corrected chi connectivity index (χ4v) is 4.76. The number of fused-ring (bicyclic) bond motifs is 1. The van der Waals surface area contributed by atoms with Crippen molar-refractivity contribution in [2.75, 3.05) is 18.6 Å². The van der Waals surface area contributed by atoms with Crippen molar-refractivity contribution >= 4 is 28.7 Å². The molecular formula is C33H28N6O3. The molecule has 0 bridgehead atoms. The molecule has 3 aromatic carbocycles. The summed E-state index contributed by atoms with van der Waals surface area (Å²) in [6, 6.07) is 25.5. The van der Waals surface area contributed by atoms with Crippen LogP contribution < -0.4 is 9.64 Å². The Bertz CT molecular complexity index is 1830. The molecule has 1 aliphatic rings. The van der Waals surface area contributed by atoms with Crippen LogP contribution >= 0.6 is 0 Å². The lowest BCUT2D eigenvalue weighted by atomic mass is 10.1. The van der Waals surface area contributed by atoms with Gasteiger partial charge in [-0.05, 0) is 35.9 Å². The second-order valence-corrected chi connectivity index (χ2v) is 9.45. The third-order valence-corrected chi connectivity index (χ3v) is 6.65. The van der Waals surface area contributed by atoms with Gasteiger partial charge in [-0.15, -0.1) is 0 Å². The van der Waals surface area contributed by atoms with E-state index in [0.29, 0.717) is 65.7 Å². The standard InChI is InChI=1S/C33H28N6O3/c1-3-42-29-19-10-16-25(35-29)32-37-31-33(39(32)30-26(40)17-11-18-27(30)41-2)36-28(20-34-31)38(21-23-12-6-4-7-13-23)22-24-14-8-5-9-15-24/h4-9,11-15,17-20,40H,3,21-22H2,1-2H3. The maximum absolute atomic E-state index is 11.1. The second-order valence-electron chi connectivity index (χ2n) is 9.45. The topological polar surface area (TPSA) is 97.9 Å². The van der Waals surface area contributed by atoms with Crippen LogP contribution in [0.2, 0.25) is 0 Å². The molecule has 3 heterocycles. The number of hydrogen-bond donors (Lipinski definition) is 1. The zero-order valence-electron chi connectivity index (χ0n) is 23.2. The Labute approximate surface area is 243 Å². The maximum Gasteiger partial charge on any atom is 0.223 e. The summed E-state index contributed by atoms with van der Waals surface area (Å²) in [5.74, 6) is 1.80. The van der Waals surface area contributed by atoms with Gasteiger partial charge in [0.25, 0.3) is 0 Å². The van der Waals surface area contributed by atoms with Crippen LogP contribution in [0.25, 0.3) is 22.7 Å². The molecule has 0 spiro atoms. The molecule has 5 aromatic rings. The van der Waals surface area contributed by atoms with Crippen molar-refractivity contribution in [1.29, 1.82) is 0 Å². The van der Waals surface area contributed by atoms with E-state index in [-0.39, 0.29) is 5.75 Å². The molecular weight excluding hydrogens is 528 g/mol. The molecule has 42 heavy (non-hydrogen) atoms. The first-order valence-corrected chi connectivity index (χ1v) is 13.5. The minimum absolute atomic E-state index is 0.0162. The summed E-state index contributed by atoms with van der Waals surface area (Å²) in [6.45, 7) is 3.54. The van der Waals surface area contributed by atoms with Crippen LogP contribution in [-0.4, -0.2) is 44.2 Å². The highest BCUT2D eigenvalue weighted by Gasteiger charge is 2.25. The Kier molecular flexibility index (Phi) is 7.51. The van der Waals surface area contributed by atoms with Gasteiger partial charge in [-0.1, -0.05) is 72.5 Å². The number of ether oxygens (including phenoxy) is 2. The van der Waals surface area contributed by atoms with Crippen LogP contribution in [0, 0.1) is 0 Å². The Balaban J connectivity index is 1.55. The molecule has 0 fully saturated rings. The molecule has 0 amide bonds. The number of para-hydroxylation sites is 1. The Hall–Kier alpha value is -5.62. The van der Waals surface area contributed by atoms with E-state index in [0.717, 1.165) is 11.1 Å². The lowest BCUT2D eigenvalue weighted by molar-refractivity contribution is 0.330. The van der Waals surface area contributed by atoms with Crippen molar-refractivity contribution < 1.29 is 14.6 Å². The summed E-state index contributed by atoms with van der Waals surface area (Å²) in [4.78, 5) is 21.3. The SMILES string of the molecule is CCOC1=NC(c2nc3ncc(N(Cc4ccccc4)Cc4ccccc4)nc3n2-c2c(O)cccc2OC)=C=C=C1. The van der Waals surface area contributed by atoms with Gasteiger partial charge in [0.15, 0.2) is 22.8 Å². The van der Waals surface area contributed by atoms with Gasteiger partial charge in [-0.3, -0.25) is 4.57 Å². The van der Waals surface area contributed by atoms with Crippen LogP contribution in [0.3, 0.4) is 0 Å². The van der Waals surface area contributed by atoms with Crippen molar-refractivity contribution in [3.8, 4) is 17.2 Å². The number of phenolic OH excluding ortho intramolecular Hbond substituents is 1. The molecule has 208 valence electrons. The number of methoxy groups -OCH3 is 1. The number of rotatable bonds is 9. The molecule has 9 heteroatoms. The number of nitrogens with zero attached hydrogens (tertiary/aromatic N) is 6. The summed E-state index contributed by atoms with van der Waals surface area (Å²) in [5, 5.41) is 11.1. The highest BCUT2D eigenvalue weighted by molar-refractivity contribution is 5.94. The van der Waals surface area contributed by atoms with Gasteiger partial charge >= 0.3 is 0 Å². The monoisotopic (exact) mass is 556 g/mol. The average molecular weight is 557 g/mol. The van der Waals surface area contributed by atoms with Gasteiger partial charge < -0.3 is 19.5 Å². The molecule has 0 radical (unpaired) electrons. The number of imidazole rings is 1. The lowest BCUT2D eigenvalue weighted by Gasteiger charge is -2.24. The zero-order chi connectivity index (χ0) is 28.9. The van der Waals surface area contributed by atoms with Gasteiger partial charge in [-0.2, -0.15) is 0 Å². The van der Waals surface area contributed by atoms with Crippen molar-refractivity contribution in [3.05, 3.63) is 120 Å². The highest BCUT2D eigenvalue weighted by atomic mass is 16.5. The predicted octanol–water partition coefficient (Wildman–Crippen LogP) is 5.84. The lowest BCUT2D eigenvalue weighted by Crippen LogP contribution is -2.23. The molecule has 1 aliphatic heterocycles. The highest BCUT2D eigenvalue weighted by Crippen LogP contribution is 2.37. The number of aromatic hydroxyl groups is 1. The molecule has 0 atom stereocenters. The third-order valence-electron chi connectivity index (χ3n) is 6.65. The molecule has 0 aliphatic carbocycles. The van der Waals surface area contributed by atoms with Crippen LogP contribution in [0.1, 0.15) is 23.9 Å². The number of phenols is 1. The molecule has 0 saturated heterocycles. The summed E-state index contributed by atoms with van der Waals surface area (Å²) >= 11 is 0. The maximum atomic E-state index is 11.1. The van der Waals surface area contributed by atoms with E-state index < -0.39 is 0 Å². The van der Waals surface area contributed by atoms with Crippen molar-refractivity contribution in [2.24, 2.45) is 4.99 Å². The molecule has 1 N–H and O–H groups in total. The molecule has 9 nitrogen and oxygen atoms in total. The van der Waals surface area contributed by atoms with Gasteiger partial charge in [0.05, 0.1) is 26.0 Å². The van der Waals surface area contributed by atoms with Crippen molar-refractivity contribution in [2.45, 2.75) is 20.0 Å². The number of anilines is 1. The number of hydrogen-bond acceptors (Lipinski definition) is 8. The van der Waals surface area contributed by atoms with E-state index in [1.807, 2.05) is 43.3 Å². The van der Waals surface area contributed by atoms with Gasteiger partial charge in [0.2, 0.25) is 5.90 Å². The van der Waals surface area contributed by atoms with Crippen LogP contribution in [0.5, 0.6) is 11.5 Å². The first kappa shape index (κ1) is 26.6. The summed E-state index contributed by atoms with van der Waals surface area (Å²) < 4.78 is 13.0. The van der Waals surface area contributed by atoms with E-state index in [1.165, 1.54) is 0 Å². The van der Waals surface area contributed by atoms with Crippen LogP contribution in [0.15, 0.2) is 108 Å². The fraction of sp³-hybridized carbons (Fsp3) is 0.152. The van der Waals surface area contributed by atoms with Crippen LogP contribution in [0.4, 0.5) is 5.82 Å². The Morgan fingerprint density at radius 3 is 2.29 bits per heavy atom. The van der Waals surface area contributed by atoms with Gasteiger partial charge in [0, 0.05) is 13.1 Å². The molecule has 2 aromatic heterocycles. The van der Waals surface area contributed by atoms with Crippen molar-refractivity contribution in [3.63, 3.8) is 0 Å². The quantitative estimate of drug-likeness (QED) is 0.228. The van der Waals surface area contributed by atoms with E-state index in [9.17, 15) is 5.11 Å². The number of aliphatic imine (C=N–C) groups is 1. The largest absolute Gasteiger partial charge is 0.506 e. The second kappa shape index (κ2) is 11.9. The molecule has 0 unspecified atom stereocenters. The van der Waals surface area contributed by atoms with Gasteiger partial charge in [-0.25, -0.2) is 19.9 Å². The third kappa shape index (κ3) is 5.38. The first-order chi connectivity index (χ1) is 20.6. The normalized spacial score (nSPS) is 12.2. The van der Waals surface area contributed by atoms with Crippen molar-refractivity contribution in [1.82, 2.24) is 19.5 Å². The van der Waals surface area contributed by atoms with Gasteiger partial charge in [0.1, 0.15) is 23.0 Å². The van der Waals surface area contributed by atoms with E-state index in [1.54, 1.807) is 42.1 Å². The van der Waals surface area contributed by atoms with E-state index >= 15 is 0 Å². The van der Waals surface area contributed by atoms with Crippen LogP contribution in [-0.2, 0) is 17.8 Å². The predicted molar refractivity (Wildman–Crippen MR) is 162 cm³/mol. The summed E-state index contributed by atoms with van der Waals surface area (Å²) in [7, 11) is 1.55. The summed E-state index contributed by atoms with van der Waals surface area (Å²) in [6.07, 6.45) is 3.33. The Morgan fingerprint density at radius 1 is 0.905 bits per heavy atom. The van der Waals surface area contributed by atoms with E-state index in [2.05, 4.69) is 45.6 Å². The minimum atomic E-state index is -0.0162. The smallest absolute Gasteiger partial charge is 0.223 e. The van der Waals surface area contributed by atoms with E-state index in [4.69, 9.17) is 24.4 Å². The Morgan fingerprint density at radius 2 is 1.62 bits per heavy atom. The fourth-order valence-electron chi connectivity index (χ4n) is 4.76. The average Bonchev–Trinajstić information content (AvgIpc) is 3.40. The number of benzene rings is 3. The summed E-state index contributed by atoms with van der Waals surface area (Å²) in [5.41, 5.74) is 9.76. The zero-order valence-corrected chi connectivity index (χ0v) is 23.2. The minimum Gasteiger partial charge on any atom is -0.506 e. The molecule has 0 saturated carbocycles. The first-order valence-electron chi connectivity index (χ1n) is 13.5. The molecule has 6 rings (SSSR count).